The molecule has 2 heterocycles. The van der Waals surface area contributed by atoms with Gasteiger partial charge in [0.15, 0.2) is 0 Å². The Morgan fingerprint density at radius 3 is 3.06 bits per heavy atom. The first-order valence-electron chi connectivity index (χ1n) is 6.11. The summed E-state index contributed by atoms with van der Waals surface area (Å²) in [6, 6.07) is 5.17. The van der Waals surface area contributed by atoms with Crippen LogP contribution in [0.25, 0.3) is 10.9 Å². The monoisotopic (exact) mass is 245 g/mol. The average molecular weight is 245 g/mol. The van der Waals surface area contributed by atoms with Crippen molar-refractivity contribution in [1.29, 1.82) is 0 Å². The van der Waals surface area contributed by atoms with E-state index in [-0.39, 0.29) is 5.75 Å². The summed E-state index contributed by atoms with van der Waals surface area (Å²) in [5.41, 5.74) is 0.850. The zero-order chi connectivity index (χ0) is 12.4. The minimum atomic E-state index is 0.240. The second-order valence-corrected chi connectivity index (χ2v) is 4.35. The lowest BCUT2D eigenvalue weighted by atomic mass is 10.2. The van der Waals surface area contributed by atoms with E-state index >= 15 is 0 Å². The molecule has 1 N–H and O–H groups in total. The van der Waals surface area contributed by atoms with Gasteiger partial charge < -0.3 is 14.7 Å². The average Bonchev–Trinajstić information content (AvgIpc) is 2.67. The molecule has 0 amide bonds. The number of phenols is 1. The molecule has 18 heavy (non-hydrogen) atoms. The van der Waals surface area contributed by atoms with Crippen LogP contribution >= 0.6 is 0 Å². The number of nitrogens with zero attached hydrogens (tertiary/aromatic N) is 3. The molecule has 2 aromatic rings. The summed E-state index contributed by atoms with van der Waals surface area (Å²) in [6.07, 6.45) is 2.56. The first kappa shape index (κ1) is 11.2. The van der Waals surface area contributed by atoms with Crippen LogP contribution in [0.15, 0.2) is 24.5 Å². The van der Waals surface area contributed by atoms with Crippen LogP contribution in [0.2, 0.25) is 0 Å². The van der Waals surface area contributed by atoms with Crippen molar-refractivity contribution in [2.24, 2.45) is 0 Å². The Bertz CT molecular complexity index is 551. The van der Waals surface area contributed by atoms with Crippen LogP contribution in [-0.2, 0) is 4.74 Å². The third kappa shape index (κ3) is 2.09. The molecule has 0 unspecified atom stereocenters. The Hall–Kier alpha value is -1.88. The Morgan fingerprint density at radius 1 is 1.17 bits per heavy atom. The zero-order valence-corrected chi connectivity index (χ0v) is 10.0. The largest absolute Gasteiger partial charge is 0.508 e. The maximum Gasteiger partial charge on any atom is 0.140 e. The van der Waals surface area contributed by atoms with Crippen molar-refractivity contribution >= 4 is 16.7 Å². The number of phenolic OH excluding ortho intramolecular Hbond substituents is 1. The van der Waals surface area contributed by atoms with E-state index in [0.717, 1.165) is 42.8 Å². The highest BCUT2D eigenvalue weighted by molar-refractivity contribution is 5.90. The van der Waals surface area contributed by atoms with E-state index in [2.05, 4.69) is 14.9 Å². The molecular weight excluding hydrogens is 230 g/mol. The molecule has 94 valence electrons. The quantitative estimate of drug-likeness (QED) is 0.826. The highest BCUT2D eigenvalue weighted by Gasteiger charge is 2.14. The van der Waals surface area contributed by atoms with Crippen LogP contribution in [0.5, 0.6) is 5.75 Å². The van der Waals surface area contributed by atoms with E-state index in [1.54, 1.807) is 18.5 Å². The fourth-order valence-electron chi connectivity index (χ4n) is 2.24. The molecule has 1 aromatic heterocycles. The molecule has 0 saturated carbocycles. The van der Waals surface area contributed by atoms with Crippen LogP contribution in [0.1, 0.15) is 6.42 Å². The number of aromatic nitrogens is 2. The van der Waals surface area contributed by atoms with Gasteiger partial charge in [-0.15, -0.1) is 0 Å². The van der Waals surface area contributed by atoms with E-state index < -0.39 is 0 Å². The molecule has 0 atom stereocenters. The van der Waals surface area contributed by atoms with Gasteiger partial charge in [0.2, 0.25) is 0 Å². The fourth-order valence-corrected chi connectivity index (χ4v) is 2.24. The standard InChI is InChI=1S/C13H15N3O2/c17-10-2-3-12-11(8-10)13(15-9-14-12)16-4-1-6-18-7-5-16/h2-3,8-9,17H,1,4-7H2. The van der Waals surface area contributed by atoms with Crippen molar-refractivity contribution in [2.75, 3.05) is 31.2 Å². The fraction of sp³-hybridized carbons (Fsp3) is 0.385. The molecule has 1 fully saturated rings. The number of ether oxygens (including phenoxy) is 1. The Balaban J connectivity index is 2.06. The number of anilines is 1. The highest BCUT2D eigenvalue weighted by Crippen LogP contribution is 2.26. The summed E-state index contributed by atoms with van der Waals surface area (Å²) in [6.45, 7) is 3.25. The molecule has 0 aliphatic carbocycles. The van der Waals surface area contributed by atoms with Crippen LogP contribution in [0, 0.1) is 0 Å². The van der Waals surface area contributed by atoms with Gasteiger partial charge in [-0.05, 0) is 24.6 Å². The Kier molecular flexibility index (Phi) is 2.98. The molecule has 1 saturated heterocycles. The molecule has 3 rings (SSSR count). The van der Waals surface area contributed by atoms with Crippen molar-refractivity contribution in [3.63, 3.8) is 0 Å². The maximum absolute atomic E-state index is 9.61. The molecule has 0 spiro atoms. The molecule has 5 heteroatoms. The van der Waals surface area contributed by atoms with Crippen molar-refractivity contribution in [2.45, 2.75) is 6.42 Å². The third-order valence-corrected chi connectivity index (χ3v) is 3.12. The van der Waals surface area contributed by atoms with Crippen LogP contribution in [-0.4, -0.2) is 41.4 Å². The summed E-state index contributed by atoms with van der Waals surface area (Å²) < 4.78 is 5.45. The number of fused-ring (bicyclic) bond motifs is 1. The first-order valence-corrected chi connectivity index (χ1v) is 6.11. The number of hydrogen-bond acceptors (Lipinski definition) is 5. The summed E-state index contributed by atoms with van der Waals surface area (Å²) in [5.74, 6) is 1.12. The highest BCUT2D eigenvalue weighted by atomic mass is 16.5. The number of hydrogen-bond donors (Lipinski definition) is 1. The summed E-state index contributed by atoms with van der Waals surface area (Å²) in [7, 11) is 0. The summed E-state index contributed by atoms with van der Waals surface area (Å²) in [4.78, 5) is 10.8. The molecule has 0 radical (unpaired) electrons. The van der Waals surface area contributed by atoms with E-state index in [1.165, 1.54) is 0 Å². The van der Waals surface area contributed by atoms with E-state index in [4.69, 9.17) is 4.74 Å². The summed E-state index contributed by atoms with van der Waals surface area (Å²) in [5, 5.41) is 10.5. The van der Waals surface area contributed by atoms with Gasteiger partial charge in [-0.1, -0.05) is 0 Å². The van der Waals surface area contributed by atoms with Gasteiger partial charge in [-0.2, -0.15) is 0 Å². The molecule has 0 bridgehead atoms. The SMILES string of the molecule is Oc1ccc2ncnc(N3CCCOCC3)c2c1. The summed E-state index contributed by atoms with van der Waals surface area (Å²) >= 11 is 0. The van der Waals surface area contributed by atoms with Crippen molar-refractivity contribution in [1.82, 2.24) is 9.97 Å². The van der Waals surface area contributed by atoms with Gasteiger partial charge in [0, 0.05) is 25.1 Å². The van der Waals surface area contributed by atoms with Gasteiger partial charge in [0.05, 0.1) is 12.1 Å². The second-order valence-electron chi connectivity index (χ2n) is 4.35. The smallest absolute Gasteiger partial charge is 0.140 e. The predicted octanol–water partition coefficient (Wildman–Crippen LogP) is 1.56. The predicted molar refractivity (Wildman–Crippen MR) is 68.9 cm³/mol. The second kappa shape index (κ2) is 4.78. The Morgan fingerprint density at radius 2 is 2.11 bits per heavy atom. The molecule has 1 aromatic carbocycles. The van der Waals surface area contributed by atoms with Crippen molar-refractivity contribution in [3.8, 4) is 5.75 Å². The third-order valence-electron chi connectivity index (χ3n) is 3.12. The van der Waals surface area contributed by atoms with Gasteiger partial charge in [-0.3, -0.25) is 0 Å². The van der Waals surface area contributed by atoms with Crippen LogP contribution < -0.4 is 4.90 Å². The van der Waals surface area contributed by atoms with Gasteiger partial charge in [0.1, 0.15) is 17.9 Å². The van der Waals surface area contributed by atoms with E-state index in [1.807, 2.05) is 6.07 Å². The molecule has 5 nitrogen and oxygen atoms in total. The van der Waals surface area contributed by atoms with E-state index in [9.17, 15) is 5.11 Å². The number of benzene rings is 1. The van der Waals surface area contributed by atoms with Crippen LogP contribution in [0.3, 0.4) is 0 Å². The first-order chi connectivity index (χ1) is 8.84. The lowest BCUT2D eigenvalue weighted by molar-refractivity contribution is 0.152. The molecule has 1 aliphatic heterocycles. The lowest BCUT2D eigenvalue weighted by Crippen LogP contribution is -2.27. The normalized spacial score (nSPS) is 16.8. The topological polar surface area (TPSA) is 58.5 Å². The molecular formula is C13H15N3O2. The minimum Gasteiger partial charge on any atom is -0.508 e. The lowest BCUT2D eigenvalue weighted by Gasteiger charge is -2.21. The van der Waals surface area contributed by atoms with Crippen molar-refractivity contribution in [3.05, 3.63) is 24.5 Å². The maximum atomic E-state index is 9.61. The van der Waals surface area contributed by atoms with Crippen LogP contribution in [0.4, 0.5) is 5.82 Å². The van der Waals surface area contributed by atoms with Gasteiger partial charge >= 0.3 is 0 Å². The van der Waals surface area contributed by atoms with Crippen molar-refractivity contribution < 1.29 is 9.84 Å². The van der Waals surface area contributed by atoms with Gasteiger partial charge in [0.25, 0.3) is 0 Å². The Labute approximate surface area is 105 Å². The number of rotatable bonds is 1. The zero-order valence-electron chi connectivity index (χ0n) is 10.0. The number of aromatic hydroxyl groups is 1. The minimum absolute atomic E-state index is 0.240. The molecule has 1 aliphatic rings. The van der Waals surface area contributed by atoms with E-state index in [0.29, 0.717) is 6.61 Å². The van der Waals surface area contributed by atoms with Gasteiger partial charge in [-0.25, -0.2) is 9.97 Å².